The molecule has 6 heteroatoms. The Morgan fingerprint density at radius 2 is 2.16 bits per heavy atom. The molecule has 1 heterocycles. The first kappa shape index (κ1) is 13.4. The monoisotopic (exact) mass is 280 g/mol. The highest BCUT2D eigenvalue weighted by atomic mass is 32.1. The average molecular weight is 280 g/mol. The number of halogens is 2. The highest BCUT2D eigenvalue weighted by molar-refractivity contribution is 7.10. The molecular formula is C13H10F2N2OS. The van der Waals surface area contributed by atoms with Gasteiger partial charge >= 0.3 is 0 Å². The maximum Gasteiger partial charge on any atom is 0.245 e. The number of amides is 1. The fraction of sp³-hybridized carbons (Fsp3) is 0.0769. The number of thiophene rings is 1. The number of hydrazone groups is 1. The van der Waals surface area contributed by atoms with Crippen molar-refractivity contribution in [2.75, 3.05) is 0 Å². The van der Waals surface area contributed by atoms with Crippen molar-refractivity contribution in [1.82, 2.24) is 5.43 Å². The van der Waals surface area contributed by atoms with Gasteiger partial charge in [-0.05, 0) is 29.1 Å². The topological polar surface area (TPSA) is 41.5 Å². The van der Waals surface area contributed by atoms with E-state index in [-0.39, 0.29) is 12.3 Å². The molecule has 1 aromatic carbocycles. The predicted molar refractivity (Wildman–Crippen MR) is 70.1 cm³/mol. The number of carbonyl (C=O) groups excluding carboxylic acids is 1. The van der Waals surface area contributed by atoms with Gasteiger partial charge in [0.15, 0.2) is 11.6 Å². The molecule has 0 bridgehead atoms. The van der Waals surface area contributed by atoms with Crippen LogP contribution in [-0.4, -0.2) is 12.1 Å². The molecule has 0 saturated heterocycles. The van der Waals surface area contributed by atoms with Crippen LogP contribution < -0.4 is 5.43 Å². The van der Waals surface area contributed by atoms with Gasteiger partial charge in [0.25, 0.3) is 0 Å². The minimum absolute atomic E-state index is 0.243. The number of nitrogens with zero attached hydrogens (tertiary/aromatic N) is 1. The fourth-order valence-corrected chi connectivity index (χ4v) is 2.09. The van der Waals surface area contributed by atoms with Gasteiger partial charge in [0, 0.05) is 4.88 Å². The van der Waals surface area contributed by atoms with Gasteiger partial charge in [-0.1, -0.05) is 12.1 Å². The van der Waals surface area contributed by atoms with E-state index in [1.165, 1.54) is 23.6 Å². The summed E-state index contributed by atoms with van der Waals surface area (Å²) >= 11 is 1.48. The van der Waals surface area contributed by atoms with Gasteiger partial charge in [-0.2, -0.15) is 5.10 Å². The Morgan fingerprint density at radius 3 is 2.84 bits per heavy atom. The Hall–Kier alpha value is -2.08. The molecule has 1 aromatic heterocycles. The SMILES string of the molecule is O=C(Cc1cccs1)NN=Cc1ccc(F)c(F)c1. The second-order valence-corrected chi connectivity index (χ2v) is 4.76. The van der Waals surface area contributed by atoms with Crippen LogP contribution in [0.1, 0.15) is 10.4 Å². The highest BCUT2D eigenvalue weighted by Gasteiger charge is 2.03. The Balaban J connectivity index is 1.89. The summed E-state index contributed by atoms with van der Waals surface area (Å²) < 4.78 is 25.6. The van der Waals surface area contributed by atoms with Crippen LogP contribution in [0.5, 0.6) is 0 Å². The van der Waals surface area contributed by atoms with Crippen LogP contribution in [0.2, 0.25) is 0 Å². The molecule has 2 aromatic rings. The van der Waals surface area contributed by atoms with Crippen molar-refractivity contribution in [3.05, 3.63) is 57.8 Å². The van der Waals surface area contributed by atoms with Crippen LogP contribution in [0.3, 0.4) is 0 Å². The van der Waals surface area contributed by atoms with Gasteiger partial charge in [-0.25, -0.2) is 14.2 Å². The standard InChI is InChI=1S/C13H10F2N2OS/c14-11-4-3-9(6-12(11)15)8-16-17-13(18)7-10-2-1-5-19-10/h1-6,8H,7H2,(H,17,18). The van der Waals surface area contributed by atoms with Gasteiger partial charge < -0.3 is 0 Å². The lowest BCUT2D eigenvalue weighted by Gasteiger charge is -1.98. The summed E-state index contributed by atoms with van der Waals surface area (Å²) in [6, 6.07) is 7.09. The summed E-state index contributed by atoms with van der Waals surface area (Å²) in [5.74, 6) is -2.13. The first-order valence-electron chi connectivity index (χ1n) is 5.44. The van der Waals surface area contributed by atoms with Gasteiger partial charge in [0.05, 0.1) is 12.6 Å². The van der Waals surface area contributed by atoms with Crippen molar-refractivity contribution in [2.45, 2.75) is 6.42 Å². The molecule has 3 nitrogen and oxygen atoms in total. The molecule has 0 fully saturated rings. The van der Waals surface area contributed by atoms with Crippen LogP contribution >= 0.6 is 11.3 Å². The Labute approximate surface area is 112 Å². The number of carbonyl (C=O) groups is 1. The number of rotatable bonds is 4. The summed E-state index contributed by atoms with van der Waals surface area (Å²) in [7, 11) is 0. The predicted octanol–water partition coefficient (Wildman–Crippen LogP) is 2.72. The molecule has 19 heavy (non-hydrogen) atoms. The molecule has 2 rings (SSSR count). The Bertz CT molecular complexity index is 597. The zero-order chi connectivity index (χ0) is 13.7. The molecule has 0 aliphatic rings. The van der Waals surface area contributed by atoms with E-state index in [1.807, 2.05) is 17.5 Å². The van der Waals surface area contributed by atoms with E-state index in [4.69, 9.17) is 0 Å². The Morgan fingerprint density at radius 1 is 1.32 bits per heavy atom. The maximum absolute atomic E-state index is 12.9. The third kappa shape index (κ3) is 3.96. The maximum atomic E-state index is 12.9. The zero-order valence-electron chi connectivity index (χ0n) is 9.77. The largest absolute Gasteiger partial charge is 0.273 e. The van der Waals surface area contributed by atoms with Crippen molar-refractivity contribution < 1.29 is 13.6 Å². The molecule has 1 N–H and O–H groups in total. The van der Waals surface area contributed by atoms with Crippen LogP contribution in [0.15, 0.2) is 40.8 Å². The average Bonchev–Trinajstić information content (AvgIpc) is 2.86. The second kappa shape index (κ2) is 6.19. The van der Waals surface area contributed by atoms with E-state index < -0.39 is 11.6 Å². The molecule has 0 aliphatic heterocycles. The minimum Gasteiger partial charge on any atom is -0.273 e. The van der Waals surface area contributed by atoms with Crippen molar-refractivity contribution in [3.63, 3.8) is 0 Å². The molecule has 0 atom stereocenters. The number of nitrogens with one attached hydrogen (secondary N) is 1. The molecule has 0 unspecified atom stereocenters. The van der Waals surface area contributed by atoms with Crippen LogP contribution in [-0.2, 0) is 11.2 Å². The van der Waals surface area contributed by atoms with Crippen LogP contribution in [0.4, 0.5) is 8.78 Å². The van der Waals surface area contributed by atoms with Crippen molar-refractivity contribution in [3.8, 4) is 0 Å². The third-order valence-electron chi connectivity index (χ3n) is 2.26. The van der Waals surface area contributed by atoms with E-state index in [0.29, 0.717) is 5.56 Å². The van der Waals surface area contributed by atoms with E-state index in [2.05, 4.69) is 10.5 Å². The normalized spacial score (nSPS) is 10.8. The number of hydrogen-bond acceptors (Lipinski definition) is 3. The summed E-state index contributed by atoms with van der Waals surface area (Å²) in [4.78, 5) is 12.4. The van der Waals surface area contributed by atoms with E-state index in [1.54, 1.807) is 0 Å². The lowest BCUT2D eigenvalue weighted by atomic mass is 10.2. The molecule has 0 saturated carbocycles. The summed E-state index contributed by atoms with van der Waals surface area (Å²) in [5, 5.41) is 5.57. The van der Waals surface area contributed by atoms with Gasteiger partial charge in [-0.15, -0.1) is 11.3 Å². The second-order valence-electron chi connectivity index (χ2n) is 3.72. The van der Waals surface area contributed by atoms with Crippen molar-refractivity contribution in [1.29, 1.82) is 0 Å². The summed E-state index contributed by atoms with van der Waals surface area (Å²) in [5.41, 5.74) is 2.70. The lowest BCUT2D eigenvalue weighted by Crippen LogP contribution is -2.19. The van der Waals surface area contributed by atoms with Crippen molar-refractivity contribution >= 4 is 23.5 Å². The summed E-state index contributed by atoms with van der Waals surface area (Å²) in [6.45, 7) is 0. The third-order valence-corrected chi connectivity index (χ3v) is 3.14. The molecule has 0 radical (unpaired) electrons. The minimum atomic E-state index is -0.950. The highest BCUT2D eigenvalue weighted by Crippen LogP contribution is 2.09. The van der Waals surface area contributed by atoms with Gasteiger partial charge in [0.2, 0.25) is 5.91 Å². The first-order chi connectivity index (χ1) is 9.15. The summed E-state index contributed by atoms with van der Waals surface area (Å²) in [6.07, 6.45) is 1.50. The van der Waals surface area contributed by atoms with E-state index >= 15 is 0 Å². The molecule has 1 amide bonds. The smallest absolute Gasteiger partial charge is 0.245 e. The van der Waals surface area contributed by atoms with Gasteiger partial charge in [-0.3, -0.25) is 4.79 Å². The van der Waals surface area contributed by atoms with E-state index in [0.717, 1.165) is 17.0 Å². The molecule has 0 spiro atoms. The molecule has 0 aliphatic carbocycles. The van der Waals surface area contributed by atoms with Gasteiger partial charge in [0.1, 0.15) is 0 Å². The Kier molecular flexibility index (Phi) is 4.35. The quantitative estimate of drug-likeness (QED) is 0.679. The van der Waals surface area contributed by atoms with Crippen LogP contribution in [0.25, 0.3) is 0 Å². The molecular weight excluding hydrogens is 270 g/mol. The fourth-order valence-electron chi connectivity index (χ4n) is 1.38. The zero-order valence-corrected chi connectivity index (χ0v) is 10.6. The van der Waals surface area contributed by atoms with Crippen molar-refractivity contribution in [2.24, 2.45) is 5.10 Å². The number of hydrogen-bond donors (Lipinski definition) is 1. The van der Waals surface area contributed by atoms with Crippen LogP contribution in [0, 0.1) is 11.6 Å². The molecule has 98 valence electrons. The van der Waals surface area contributed by atoms with E-state index in [9.17, 15) is 13.6 Å². The number of benzene rings is 1. The lowest BCUT2D eigenvalue weighted by molar-refractivity contribution is -0.120. The first-order valence-corrected chi connectivity index (χ1v) is 6.32.